The Labute approximate surface area is 96.1 Å². The second kappa shape index (κ2) is 3.91. The average molecular weight is 218 g/mol. The van der Waals surface area contributed by atoms with Crippen LogP contribution in [0, 0.1) is 6.92 Å². The van der Waals surface area contributed by atoms with E-state index < -0.39 is 0 Å². The smallest absolute Gasteiger partial charge is 0.121 e. The average Bonchev–Trinajstić information content (AvgIpc) is 2.60. The number of imidazole rings is 1. The van der Waals surface area contributed by atoms with Gasteiger partial charge in [-0.25, -0.2) is 4.98 Å². The van der Waals surface area contributed by atoms with Gasteiger partial charge in [-0.1, -0.05) is 19.9 Å². The van der Waals surface area contributed by atoms with Crippen molar-refractivity contribution >= 4 is 5.52 Å². The number of ether oxygens (including phenoxy) is 1. The second-order valence-corrected chi connectivity index (χ2v) is 4.90. The van der Waals surface area contributed by atoms with E-state index in [0.29, 0.717) is 6.61 Å². The lowest BCUT2D eigenvalue weighted by Gasteiger charge is -2.22. The maximum Gasteiger partial charge on any atom is 0.121 e. The molecule has 0 fully saturated rings. The Morgan fingerprint density at radius 1 is 1.38 bits per heavy atom. The lowest BCUT2D eigenvalue weighted by molar-refractivity contribution is 0.142. The van der Waals surface area contributed by atoms with Crippen LogP contribution in [0.5, 0.6) is 0 Å². The summed E-state index contributed by atoms with van der Waals surface area (Å²) in [5, 5.41) is 0. The number of aromatic nitrogens is 2. The molecule has 0 unspecified atom stereocenters. The third-order valence-electron chi connectivity index (χ3n) is 2.79. The normalized spacial score (nSPS) is 12.2. The van der Waals surface area contributed by atoms with Gasteiger partial charge in [0.05, 0.1) is 18.3 Å². The van der Waals surface area contributed by atoms with Crippen LogP contribution in [0.3, 0.4) is 0 Å². The first kappa shape index (κ1) is 11.1. The molecule has 0 bridgehead atoms. The predicted molar refractivity (Wildman–Crippen MR) is 64.8 cm³/mol. The number of hydrogen-bond donors (Lipinski definition) is 0. The van der Waals surface area contributed by atoms with Crippen LogP contribution in [0.1, 0.15) is 25.2 Å². The van der Waals surface area contributed by atoms with Gasteiger partial charge in [0, 0.05) is 18.7 Å². The zero-order valence-corrected chi connectivity index (χ0v) is 10.3. The Morgan fingerprint density at radius 3 is 2.81 bits per heavy atom. The van der Waals surface area contributed by atoms with Gasteiger partial charge >= 0.3 is 0 Å². The lowest BCUT2D eigenvalue weighted by Crippen LogP contribution is -2.26. The van der Waals surface area contributed by atoms with Crippen molar-refractivity contribution in [2.75, 3.05) is 13.7 Å². The predicted octanol–water partition coefficient (Wildman–Crippen LogP) is 2.57. The minimum atomic E-state index is -0.0744. The van der Waals surface area contributed by atoms with Gasteiger partial charge in [0.2, 0.25) is 0 Å². The summed E-state index contributed by atoms with van der Waals surface area (Å²) in [6.45, 7) is 7.05. The van der Waals surface area contributed by atoms with Crippen molar-refractivity contribution in [3.63, 3.8) is 0 Å². The number of pyridine rings is 1. The van der Waals surface area contributed by atoms with Crippen LogP contribution < -0.4 is 0 Å². The summed E-state index contributed by atoms with van der Waals surface area (Å²) in [5.41, 5.74) is 2.29. The monoisotopic (exact) mass is 218 g/mol. The summed E-state index contributed by atoms with van der Waals surface area (Å²) >= 11 is 0. The number of fused-ring (bicyclic) bond motifs is 1. The van der Waals surface area contributed by atoms with Crippen LogP contribution >= 0.6 is 0 Å². The molecule has 0 saturated carbocycles. The molecular weight excluding hydrogens is 200 g/mol. The van der Waals surface area contributed by atoms with E-state index in [9.17, 15) is 0 Å². The maximum atomic E-state index is 5.26. The van der Waals surface area contributed by atoms with E-state index in [1.807, 2.05) is 6.20 Å². The number of aryl methyl sites for hydroxylation is 1. The number of methoxy groups -OCH3 is 1. The van der Waals surface area contributed by atoms with E-state index in [2.05, 4.69) is 48.5 Å². The van der Waals surface area contributed by atoms with E-state index in [1.54, 1.807) is 7.11 Å². The topological polar surface area (TPSA) is 26.5 Å². The zero-order chi connectivity index (χ0) is 11.8. The van der Waals surface area contributed by atoms with Crippen LogP contribution in [0.4, 0.5) is 0 Å². The van der Waals surface area contributed by atoms with E-state index >= 15 is 0 Å². The summed E-state index contributed by atoms with van der Waals surface area (Å²) in [7, 11) is 1.72. The Morgan fingerprint density at radius 2 is 2.12 bits per heavy atom. The fourth-order valence-corrected chi connectivity index (χ4v) is 2.02. The summed E-state index contributed by atoms with van der Waals surface area (Å²) < 4.78 is 7.40. The van der Waals surface area contributed by atoms with E-state index in [4.69, 9.17) is 4.74 Å². The summed E-state index contributed by atoms with van der Waals surface area (Å²) in [5.74, 6) is 1.05. The first-order valence-corrected chi connectivity index (χ1v) is 5.48. The third kappa shape index (κ3) is 1.83. The van der Waals surface area contributed by atoms with Gasteiger partial charge in [0.15, 0.2) is 0 Å². The number of rotatable bonds is 3. The summed E-state index contributed by atoms with van der Waals surface area (Å²) in [4.78, 5) is 4.51. The van der Waals surface area contributed by atoms with Crippen LogP contribution in [0.2, 0.25) is 0 Å². The number of nitrogens with zero attached hydrogens (tertiary/aromatic N) is 2. The van der Waals surface area contributed by atoms with E-state index in [1.165, 1.54) is 5.56 Å². The van der Waals surface area contributed by atoms with Gasteiger partial charge in [-0.05, 0) is 18.6 Å². The van der Waals surface area contributed by atoms with E-state index in [0.717, 1.165) is 11.3 Å². The van der Waals surface area contributed by atoms with Crippen LogP contribution in [-0.4, -0.2) is 23.1 Å². The number of hydrogen-bond acceptors (Lipinski definition) is 2. The van der Waals surface area contributed by atoms with Gasteiger partial charge in [-0.15, -0.1) is 0 Å². The standard InChI is InChI=1S/C13H18N2O/c1-10-5-6-11-7-14-12(15(11)8-10)13(2,3)9-16-4/h5-8H,9H2,1-4H3. The summed E-state index contributed by atoms with van der Waals surface area (Å²) in [6.07, 6.45) is 4.03. The molecule has 0 radical (unpaired) electrons. The fourth-order valence-electron chi connectivity index (χ4n) is 2.02. The molecule has 0 aliphatic rings. The van der Waals surface area contributed by atoms with E-state index in [-0.39, 0.29) is 5.41 Å². The second-order valence-electron chi connectivity index (χ2n) is 4.90. The quantitative estimate of drug-likeness (QED) is 0.791. The lowest BCUT2D eigenvalue weighted by atomic mass is 9.94. The van der Waals surface area contributed by atoms with Crippen molar-refractivity contribution in [2.45, 2.75) is 26.2 Å². The molecule has 0 aliphatic carbocycles. The summed E-state index contributed by atoms with van der Waals surface area (Å²) in [6, 6.07) is 4.19. The molecule has 2 aromatic rings. The molecule has 0 saturated heterocycles. The molecule has 2 aromatic heterocycles. The first-order chi connectivity index (χ1) is 7.54. The van der Waals surface area contributed by atoms with Crippen molar-refractivity contribution < 1.29 is 4.74 Å². The van der Waals surface area contributed by atoms with Crippen molar-refractivity contribution in [1.29, 1.82) is 0 Å². The maximum absolute atomic E-state index is 5.26. The van der Waals surface area contributed by atoms with Crippen LogP contribution in [-0.2, 0) is 10.2 Å². The molecule has 0 aliphatic heterocycles. The highest BCUT2D eigenvalue weighted by Gasteiger charge is 2.25. The van der Waals surface area contributed by atoms with Crippen molar-refractivity contribution in [3.05, 3.63) is 35.9 Å². The van der Waals surface area contributed by atoms with Crippen molar-refractivity contribution in [1.82, 2.24) is 9.38 Å². The van der Waals surface area contributed by atoms with Crippen molar-refractivity contribution in [2.24, 2.45) is 0 Å². The minimum Gasteiger partial charge on any atom is -0.384 e. The third-order valence-corrected chi connectivity index (χ3v) is 2.79. The van der Waals surface area contributed by atoms with Crippen LogP contribution in [0.25, 0.3) is 5.52 Å². The van der Waals surface area contributed by atoms with Gasteiger partial charge in [-0.3, -0.25) is 0 Å². The highest BCUT2D eigenvalue weighted by molar-refractivity contribution is 5.47. The molecule has 0 amide bonds. The Bertz CT molecular complexity index is 500. The highest BCUT2D eigenvalue weighted by Crippen LogP contribution is 2.23. The molecule has 0 N–H and O–H groups in total. The van der Waals surface area contributed by atoms with Gasteiger partial charge in [-0.2, -0.15) is 0 Å². The molecule has 2 rings (SSSR count). The molecule has 3 heteroatoms. The van der Waals surface area contributed by atoms with Crippen LogP contribution in [0.15, 0.2) is 24.5 Å². The molecule has 0 spiro atoms. The minimum absolute atomic E-state index is 0.0744. The fraction of sp³-hybridized carbons (Fsp3) is 0.462. The van der Waals surface area contributed by atoms with Crippen molar-refractivity contribution in [3.8, 4) is 0 Å². The van der Waals surface area contributed by atoms with Gasteiger partial charge < -0.3 is 9.14 Å². The SMILES string of the molecule is COCC(C)(C)c1ncc2ccc(C)cn12. The molecule has 86 valence electrons. The zero-order valence-electron chi connectivity index (χ0n) is 10.3. The molecule has 16 heavy (non-hydrogen) atoms. The Hall–Kier alpha value is -1.35. The first-order valence-electron chi connectivity index (χ1n) is 5.48. The molecule has 0 aromatic carbocycles. The van der Waals surface area contributed by atoms with Gasteiger partial charge in [0.25, 0.3) is 0 Å². The molecular formula is C13H18N2O. The highest BCUT2D eigenvalue weighted by atomic mass is 16.5. The largest absolute Gasteiger partial charge is 0.384 e. The molecule has 3 nitrogen and oxygen atoms in total. The Balaban J connectivity index is 2.56. The molecule has 2 heterocycles. The molecule has 0 atom stereocenters. The Kier molecular flexibility index (Phi) is 2.72. The van der Waals surface area contributed by atoms with Gasteiger partial charge in [0.1, 0.15) is 5.82 Å².